The van der Waals surface area contributed by atoms with Gasteiger partial charge >= 0.3 is 35.8 Å². The van der Waals surface area contributed by atoms with Gasteiger partial charge in [-0.3, -0.25) is 57.5 Å². The molecule has 0 saturated heterocycles. The van der Waals surface area contributed by atoms with Gasteiger partial charge < -0.3 is 82.2 Å². The average molecular weight is 1880 g/mol. The predicted molar refractivity (Wildman–Crippen MR) is 515 cm³/mol. The molecule has 0 bridgehead atoms. The van der Waals surface area contributed by atoms with E-state index in [-0.39, 0.29) is 86.2 Å². The molecule has 0 amide bonds. The van der Waals surface area contributed by atoms with Crippen molar-refractivity contribution in [3.63, 3.8) is 0 Å². The van der Waals surface area contributed by atoms with Gasteiger partial charge in [-0.1, -0.05) is 70.6 Å². The lowest BCUT2D eigenvalue weighted by molar-refractivity contribution is -0.870. The number of hydrogen-bond acceptors (Lipinski definition) is 24. The third-order valence-electron chi connectivity index (χ3n) is 16.2. The molecular formula is C87H186N12O18S6+12. The Labute approximate surface area is 774 Å². The number of nitrogens with zero attached hydrogens (tertiary/aromatic N) is 12. The van der Waals surface area contributed by atoms with Crippen molar-refractivity contribution < 1.29 is 140 Å². The molecule has 0 aliphatic rings. The lowest BCUT2D eigenvalue weighted by atomic mass is 10.2. The van der Waals surface area contributed by atoms with Crippen LogP contribution < -0.4 is 0 Å². The van der Waals surface area contributed by atoms with Crippen molar-refractivity contribution in [1.29, 1.82) is 0 Å². The first kappa shape index (κ1) is 130. The first-order chi connectivity index (χ1) is 55.5. The standard InChI is InChI=1S/C16H34N2O4.C16H34N2O3S.C15H32N2O3S.C14H30N2O3S.C13H28N2O3S.C13H28N2O2S2/c2*1-17(2,3)11-13-21-15(19)9-7-8-10-16(20)22-14-12-18(4,5)6;1-16(2,3)10-12-20-14(18)8-7-9-15(19)21-13-11-17(4,5)6;1-15(2,3)9-11-19-13(17)7-8-14(18)20-12-10-16(4,5)6;2*1-14(2,3)7-9-18-12(16)11-13(17)19-10-8-15(4,5)6/h2*7-14H2,1-6H3;7-13H2,1-6H3;7-12H2,1-6H3;2*7-11H2,1-6H3/q6*+2. The quantitative estimate of drug-likeness (QED) is 0.0194. The zero-order valence-corrected chi connectivity index (χ0v) is 89.6. The van der Waals surface area contributed by atoms with Gasteiger partial charge in [0.15, 0.2) is 30.7 Å². The first-order valence-electron chi connectivity index (χ1n) is 43.0. The van der Waals surface area contributed by atoms with Crippen molar-refractivity contribution in [1.82, 2.24) is 0 Å². The van der Waals surface area contributed by atoms with Crippen LogP contribution in [0.5, 0.6) is 0 Å². The zero-order chi connectivity index (χ0) is 97.0. The van der Waals surface area contributed by atoms with E-state index in [1.807, 2.05) is 42.3 Å². The van der Waals surface area contributed by atoms with Gasteiger partial charge in [-0.05, 0) is 32.1 Å². The average Bonchev–Trinajstić information content (AvgIpc) is 1.01. The molecule has 0 aromatic rings. The highest BCUT2D eigenvalue weighted by molar-refractivity contribution is 8.16. The topological polar surface area (TPSA) is 260 Å². The van der Waals surface area contributed by atoms with Gasteiger partial charge in [0.05, 0.1) is 340 Å². The van der Waals surface area contributed by atoms with Gasteiger partial charge in [0, 0.05) is 44.9 Å². The van der Waals surface area contributed by atoms with E-state index in [2.05, 4.69) is 211 Å². The van der Waals surface area contributed by atoms with E-state index >= 15 is 0 Å². The molecule has 0 fully saturated rings. The Morgan fingerprint density at radius 2 is 0.317 bits per heavy atom. The highest BCUT2D eigenvalue weighted by atomic mass is 32.2. The smallest absolute Gasteiger partial charge is 0.314 e. The highest BCUT2D eigenvalue weighted by Crippen LogP contribution is 2.17. The molecule has 0 heterocycles. The minimum Gasteiger partial charge on any atom is -0.460 e. The Balaban J connectivity index is -0.000000334. The van der Waals surface area contributed by atoms with Crippen LogP contribution in [-0.4, -0.2) is 527 Å². The lowest BCUT2D eigenvalue weighted by Crippen LogP contribution is -2.38. The Kier molecular flexibility index (Phi) is 71.6. The predicted octanol–water partition coefficient (Wildman–Crippen LogP) is 7.06. The molecule has 0 N–H and O–H groups in total. The van der Waals surface area contributed by atoms with E-state index in [4.69, 9.17) is 28.4 Å². The molecule has 0 aliphatic carbocycles. The maximum atomic E-state index is 11.7. The number of unbranched alkanes of at least 4 members (excludes halogenated alkanes) is 2. The molecule has 0 aliphatic heterocycles. The maximum Gasteiger partial charge on any atom is 0.314 e. The molecule has 30 nitrogen and oxygen atoms in total. The van der Waals surface area contributed by atoms with Crippen molar-refractivity contribution in [2.45, 2.75) is 96.3 Å². The summed E-state index contributed by atoms with van der Waals surface area (Å²) in [6.45, 7) is 12.9. The van der Waals surface area contributed by atoms with E-state index in [0.717, 1.165) is 180 Å². The van der Waals surface area contributed by atoms with Crippen LogP contribution in [0.2, 0.25) is 0 Å². The van der Waals surface area contributed by atoms with Crippen LogP contribution in [0.15, 0.2) is 0 Å². The van der Waals surface area contributed by atoms with Crippen LogP contribution in [0.1, 0.15) is 96.3 Å². The van der Waals surface area contributed by atoms with E-state index < -0.39 is 5.97 Å². The SMILES string of the molecule is C[N+](C)(C)CCOC(=O)CC(=O)SCC[N+](C)(C)C.C[N+](C)(C)CCOC(=O)CCC(=O)SCC[N+](C)(C)C.C[N+](C)(C)CCOC(=O)CCCC(=O)SCC[N+](C)(C)C.C[N+](C)(C)CCOC(=O)CCCCC(=O)OCC[N+](C)(C)C.C[N+](C)(C)CCOC(=O)CCCCC(=O)SCC[N+](C)(C)C.C[N+](C)(C)CCSC(=O)CC(=O)SCC[N+](C)(C)C. The van der Waals surface area contributed by atoms with Gasteiger partial charge in [-0.2, -0.15) is 0 Å². The monoisotopic (exact) mass is 1880 g/mol. The number of rotatable bonds is 57. The van der Waals surface area contributed by atoms with Crippen molar-refractivity contribution in [3.05, 3.63) is 0 Å². The number of esters is 6. The number of quaternary nitrogens is 12. The van der Waals surface area contributed by atoms with Crippen LogP contribution in [0, 0.1) is 0 Å². The number of likely N-dealkylation sites (N-methyl/N-ethyl adjacent to an activating group) is 6. The number of carbonyl (C=O) groups excluding carboxylic acids is 12. The summed E-state index contributed by atoms with van der Waals surface area (Å²) < 4.78 is 40.4. The van der Waals surface area contributed by atoms with E-state index in [0.29, 0.717) is 97.4 Å². The number of ether oxygens (including phenoxy) is 6. The van der Waals surface area contributed by atoms with Crippen molar-refractivity contribution in [2.75, 3.05) is 406 Å². The summed E-state index contributed by atoms with van der Waals surface area (Å²) in [4.78, 5) is 139. The van der Waals surface area contributed by atoms with Crippen LogP contribution in [0.3, 0.4) is 0 Å². The number of carbonyl (C=O) groups is 12. The van der Waals surface area contributed by atoms with Gasteiger partial charge in [-0.25, -0.2) is 0 Å². The third-order valence-corrected chi connectivity index (χ3v) is 21.5. The molecule has 36 heteroatoms. The second-order valence-corrected chi connectivity index (χ2v) is 49.8. The summed E-state index contributed by atoms with van der Waals surface area (Å²) in [6.07, 6.45) is 6.26. The van der Waals surface area contributed by atoms with Crippen molar-refractivity contribution in [3.8, 4) is 0 Å². The van der Waals surface area contributed by atoms with Crippen LogP contribution in [0.25, 0.3) is 0 Å². The van der Waals surface area contributed by atoms with E-state index in [1.54, 1.807) is 0 Å². The molecule has 0 radical (unpaired) electrons. The fourth-order valence-electron chi connectivity index (χ4n) is 7.88. The molecule has 0 saturated carbocycles. The van der Waals surface area contributed by atoms with Crippen LogP contribution in [-0.2, 0) is 86.0 Å². The van der Waals surface area contributed by atoms with Gasteiger partial charge in [-0.15, -0.1) is 0 Å². The summed E-state index contributed by atoms with van der Waals surface area (Å²) in [5.41, 5.74) is 0. The van der Waals surface area contributed by atoms with E-state index in [1.165, 1.54) is 70.6 Å². The van der Waals surface area contributed by atoms with Gasteiger partial charge in [0.1, 0.15) is 85.3 Å². The van der Waals surface area contributed by atoms with Crippen LogP contribution >= 0.6 is 70.6 Å². The largest absolute Gasteiger partial charge is 0.460 e. The maximum absolute atomic E-state index is 11.7. The second-order valence-electron chi connectivity index (χ2n) is 42.9. The number of hydrogen-bond donors (Lipinski definition) is 0. The third kappa shape index (κ3) is 125. The van der Waals surface area contributed by atoms with Crippen molar-refractivity contribution >= 4 is 137 Å². The summed E-state index contributed by atoms with van der Waals surface area (Å²) in [6, 6.07) is 0. The minimum atomic E-state index is -0.420. The Bertz CT molecular complexity index is 2640. The molecule has 726 valence electrons. The Morgan fingerprint density at radius 1 is 0.163 bits per heavy atom. The molecule has 0 unspecified atom stereocenters. The molecule has 0 spiro atoms. The molecule has 123 heavy (non-hydrogen) atoms. The fourth-order valence-corrected chi connectivity index (χ4v) is 14.7. The molecule has 0 aromatic carbocycles. The summed E-state index contributed by atoms with van der Waals surface area (Å²) in [5.74, 6) is 3.33. The molecule has 0 rings (SSSR count). The first-order valence-corrected chi connectivity index (χ1v) is 48.9. The van der Waals surface area contributed by atoms with Crippen molar-refractivity contribution in [2.24, 2.45) is 0 Å². The van der Waals surface area contributed by atoms with Gasteiger partial charge in [0.25, 0.3) is 0 Å². The zero-order valence-electron chi connectivity index (χ0n) is 84.7. The lowest BCUT2D eigenvalue weighted by Gasteiger charge is -2.23. The summed E-state index contributed by atoms with van der Waals surface area (Å²) >= 11 is 7.85. The Morgan fingerprint density at radius 3 is 0.528 bits per heavy atom. The Hall–Kier alpha value is -3.54. The summed E-state index contributed by atoms with van der Waals surface area (Å²) in [7, 11) is 74.6. The van der Waals surface area contributed by atoms with Gasteiger partial charge in [0.2, 0.25) is 0 Å². The summed E-state index contributed by atoms with van der Waals surface area (Å²) in [5, 5.41) is 0.354. The molecule has 0 atom stereocenters. The molecule has 0 aromatic heterocycles. The van der Waals surface area contributed by atoms with Crippen LogP contribution in [0.4, 0.5) is 0 Å². The molecular weight excluding hydrogens is 1690 g/mol. The highest BCUT2D eigenvalue weighted by Gasteiger charge is 2.22. The fraction of sp³-hybridized carbons (Fsp3) is 0.862. The second kappa shape index (κ2) is 67.6. The minimum absolute atomic E-state index is 0.00352. The number of thioether (sulfide) groups is 6. The van der Waals surface area contributed by atoms with E-state index in [9.17, 15) is 57.5 Å². The normalized spacial score (nSPS) is 12.3.